The van der Waals surface area contributed by atoms with Gasteiger partial charge in [0.05, 0.1) is 6.04 Å². The van der Waals surface area contributed by atoms with Crippen LogP contribution in [0.1, 0.15) is 26.2 Å². The molecule has 16 heavy (non-hydrogen) atoms. The van der Waals surface area contributed by atoms with Gasteiger partial charge in [-0.05, 0) is 40.3 Å². The normalized spacial score (nSPS) is 18.9. The molecule has 0 aromatic heterocycles. The van der Waals surface area contributed by atoms with Gasteiger partial charge in [0, 0.05) is 26.2 Å². The minimum absolute atomic E-state index is 0.00597. The van der Waals surface area contributed by atoms with Crippen molar-refractivity contribution >= 4 is 5.91 Å². The van der Waals surface area contributed by atoms with Crippen LogP contribution in [0.5, 0.6) is 0 Å². The first-order chi connectivity index (χ1) is 7.66. The van der Waals surface area contributed by atoms with Gasteiger partial charge in [-0.1, -0.05) is 0 Å². The molecular formula is C12H25N3O. The zero-order valence-corrected chi connectivity index (χ0v) is 10.8. The van der Waals surface area contributed by atoms with Crippen molar-refractivity contribution in [1.82, 2.24) is 15.1 Å². The van der Waals surface area contributed by atoms with Crippen LogP contribution < -0.4 is 5.32 Å². The lowest BCUT2D eigenvalue weighted by atomic mass is 10.1. The summed E-state index contributed by atoms with van der Waals surface area (Å²) in [5.74, 6) is 0.290. The number of hydrogen-bond acceptors (Lipinski definition) is 3. The maximum Gasteiger partial charge on any atom is 0.239 e. The average Bonchev–Trinajstić information content (AvgIpc) is 2.35. The SMILES string of the molecule is CNCCN(C)C(C)C(=O)N1CCCCC1. The van der Waals surface area contributed by atoms with Crippen LogP contribution in [0, 0.1) is 0 Å². The van der Waals surface area contributed by atoms with Crippen LogP contribution in [0.15, 0.2) is 0 Å². The number of rotatable bonds is 5. The van der Waals surface area contributed by atoms with Crippen molar-refractivity contribution in [2.75, 3.05) is 40.3 Å². The van der Waals surface area contributed by atoms with Crippen LogP contribution in [0.2, 0.25) is 0 Å². The maximum absolute atomic E-state index is 12.2. The lowest BCUT2D eigenvalue weighted by Gasteiger charge is -2.32. The Balaban J connectivity index is 2.38. The Kier molecular flexibility index (Phi) is 5.77. The zero-order valence-electron chi connectivity index (χ0n) is 10.8. The van der Waals surface area contributed by atoms with Gasteiger partial charge in [0.15, 0.2) is 0 Å². The van der Waals surface area contributed by atoms with Crippen LogP contribution in [-0.4, -0.2) is 62.0 Å². The fraction of sp³-hybridized carbons (Fsp3) is 0.917. The summed E-state index contributed by atoms with van der Waals surface area (Å²) in [7, 11) is 3.95. The fourth-order valence-corrected chi connectivity index (χ4v) is 2.05. The van der Waals surface area contributed by atoms with Gasteiger partial charge in [0.25, 0.3) is 0 Å². The van der Waals surface area contributed by atoms with Gasteiger partial charge in [0.1, 0.15) is 0 Å². The molecule has 4 heteroatoms. The third kappa shape index (κ3) is 3.76. The summed E-state index contributed by atoms with van der Waals surface area (Å²) in [4.78, 5) is 16.3. The molecule has 1 heterocycles. The molecule has 0 radical (unpaired) electrons. The minimum Gasteiger partial charge on any atom is -0.341 e. The minimum atomic E-state index is 0.00597. The van der Waals surface area contributed by atoms with E-state index in [0.29, 0.717) is 5.91 Å². The summed E-state index contributed by atoms with van der Waals surface area (Å²) in [6.45, 7) is 5.74. The van der Waals surface area contributed by atoms with Gasteiger partial charge in [-0.15, -0.1) is 0 Å². The second kappa shape index (κ2) is 6.86. The average molecular weight is 227 g/mol. The second-order valence-electron chi connectivity index (χ2n) is 4.65. The van der Waals surface area contributed by atoms with E-state index < -0.39 is 0 Å². The third-order valence-electron chi connectivity index (χ3n) is 3.40. The number of piperidine rings is 1. The molecule has 1 amide bonds. The highest BCUT2D eigenvalue weighted by Gasteiger charge is 2.24. The maximum atomic E-state index is 12.2. The van der Waals surface area contributed by atoms with Gasteiger partial charge in [-0.25, -0.2) is 0 Å². The molecule has 1 aliphatic heterocycles. The molecule has 1 rings (SSSR count). The number of likely N-dealkylation sites (tertiary alicyclic amines) is 1. The quantitative estimate of drug-likeness (QED) is 0.744. The Morgan fingerprint density at radius 3 is 2.56 bits per heavy atom. The fourth-order valence-electron chi connectivity index (χ4n) is 2.05. The molecule has 1 atom stereocenters. The highest BCUT2D eigenvalue weighted by molar-refractivity contribution is 5.81. The summed E-state index contributed by atoms with van der Waals surface area (Å²) < 4.78 is 0. The van der Waals surface area contributed by atoms with E-state index in [-0.39, 0.29) is 6.04 Å². The monoisotopic (exact) mass is 227 g/mol. The third-order valence-corrected chi connectivity index (χ3v) is 3.40. The van der Waals surface area contributed by atoms with Crippen molar-refractivity contribution in [3.05, 3.63) is 0 Å². The number of carbonyl (C=O) groups excluding carboxylic acids is 1. The van der Waals surface area contributed by atoms with Gasteiger partial charge in [0.2, 0.25) is 5.91 Å². The van der Waals surface area contributed by atoms with Crippen molar-refractivity contribution in [2.45, 2.75) is 32.2 Å². The molecule has 0 spiro atoms. The van der Waals surface area contributed by atoms with Crippen molar-refractivity contribution in [1.29, 1.82) is 0 Å². The first-order valence-corrected chi connectivity index (χ1v) is 6.30. The Bertz CT molecular complexity index is 214. The Hall–Kier alpha value is -0.610. The van der Waals surface area contributed by atoms with E-state index in [1.807, 2.05) is 25.9 Å². The summed E-state index contributed by atoms with van der Waals surface area (Å²) in [6.07, 6.45) is 3.60. The predicted octanol–water partition coefficient (Wildman–Crippen LogP) is 0.539. The van der Waals surface area contributed by atoms with Gasteiger partial charge >= 0.3 is 0 Å². The highest BCUT2D eigenvalue weighted by atomic mass is 16.2. The van der Waals surface area contributed by atoms with Crippen LogP contribution in [0.4, 0.5) is 0 Å². The Morgan fingerprint density at radius 1 is 1.38 bits per heavy atom. The highest BCUT2D eigenvalue weighted by Crippen LogP contribution is 2.11. The van der Waals surface area contributed by atoms with Crippen LogP contribution in [-0.2, 0) is 4.79 Å². The second-order valence-corrected chi connectivity index (χ2v) is 4.65. The molecule has 4 nitrogen and oxygen atoms in total. The molecular weight excluding hydrogens is 202 g/mol. The van der Waals surface area contributed by atoms with E-state index in [1.165, 1.54) is 19.3 Å². The number of amides is 1. The molecule has 0 saturated carbocycles. The Morgan fingerprint density at radius 2 is 2.00 bits per heavy atom. The zero-order chi connectivity index (χ0) is 12.0. The van der Waals surface area contributed by atoms with E-state index in [4.69, 9.17) is 0 Å². The smallest absolute Gasteiger partial charge is 0.239 e. The van der Waals surface area contributed by atoms with Crippen molar-refractivity contribution < 1.29 is 4.79 Å². The number of likely N-dealkylation sites (N-methyl/N-ethyl adjacent to an activating group) is 2. The molecule has 1 saturated heterocycles. The predicted molar refractivity (Wildman–Crippen MR) is 66.4 cm³/mol. The number of nitrogens with zero attached hydrogens (tertiary/aromatic N) is 2. The van der Waals surface area contributed by atoms with Crippen molar-refractivity contribution in [3.8, 4) is 0 Å². The molecule has 0 bridgehead atoms. The molecule has 1 fully saturated rings. The number of nitrogens with one attached hydrogen (secondary N) is 1. The van der Waals surface area contributed by atoms with E-state index in [1.54, 1.807) is 0 Å². The van der Waals surface area contributed by atoms with Gasteiger partial charge in [-0.2, -0.15) is 0 Å². The molecule has 0 aliphatic carbocycles. The van der Waals surface area contributed by atoms with Crippen molar-refractivity contribution in [3.63, 3.8) is 0 Å². The number of hydrogen-bond donors (Lipinski definition) is 1. The van der Waals surface area contributed by atoms with Crippen molar-refractivity contribution in [2.24, 2.45) is 0 Å². The number of carbonyl (C=O) groups is 1. The summed E-state index contributed by atoms with van der Waals surface area (Å²) in [6, 6.07) is 0.00597. The molecule has 0 aromatic rings. The van der Waals surface area contributed by atoms with Crippen LogP contribution in [0.25, 0.3) is 0 Å². The van der Waals surface area contributed by atoms with E-state index in [0.717, 1.165) is 26.2 Å². The molecule has 1 aliphatic rings. The standard InChI is InChI=1S/C12H25N3O/c1-11(14(3)10-7-13-2)12(16)15-8-5-4-6-9-15/h11,13H,4-10H2,1-3H3. The van der Waals surface area contributed by atoms with Gasteiger partial charge < -0.3 is 10.2 Å². The van der Waals surface area contributed by atoms with E-state index in [2.05, 4.69) is 10.2 Å². The first-order valence-electron chi connectivity index (χ1n) is 6.30. The van der Waals surface area contributed by atoms with E-state index >= 15 is 0 Å². The topological polar surface area (TPSA) is 35.6 Å². The largest absolute Gasteiger partial charge is 0.341 e. The molecule has 0 aromatic carbocycles. The summed E-state index contributed by atoms with van der Waals surface area (Å²) in [5.41, 5.74) is 0. The van der Waals surface area contributed by atoms with Crippen LogP contribution in [0.3, 0.4) is 0 Å². The molecule has 94 valence electrons. The first kappa shape index (κ1) is 13.5. The van der Waals surface area contributed by atoms with E-state index in [9.17, 15) is 4.79 Å². The van der Waals surface area contributed by atoms with Crippen LogP contribution >= 0.6 is 0 Å². The Labute approximate surface area is 99.0 Å². The lowest BCUT2D eigenvalue weighted by molar-refractivity contribution is -0.136. The molecule has 1 unspecified atom stereocenters. The van der Waals surface area contributed by atoms with Gasteiger partial charge in [-0.3, -0.25) is 9.69 Å². The lowest BCUT2D eigenvalue weighted by Crippen LogP contribution is -2.48. The molecule has 1 N–H and O–H groups in total. The summed E-state index contributed by atoms with van der Waals surface area (Å²) >= 11 is 0. The summed E-state index contributed by atoms with van der Waals surface area (Å²) in [5, 5.41) is 3.11.